The minimum Gasteiger partial charge on any atom is -0.292 e. The van der Waals surface area contributed by atoms with Crippen molar-refractivity contribution in [2.45, 2.75) is 52.9 Å². The molecule has 0 aromatic heterocycles. The Morgan fingerprint density at radius 2 is 1.29 bits per heavy atom. The molecule has 0 spiro atoms. The molecule has 0 saturated heterocycles. The Labute approximate surface area is 111 Å². The molecule has 2 nitrogen and oxygen atoms in total. The number of hydrogen-bond acceptors (Lipinski definition) is 2. The van der Waals surface area contributed by atoms with Crippen LogP contribution in [-0.2, 0) is 0 Å². The SMILES string of the molecule is CCC=CC[SiH2]C(N(CC)CC)N(CC)CC. The first-order valence-corrected chi connectivity index (χ1v) is 9.19. The van der Waals surface area contributed by atoms with E-state index in [1.807, 2.05) is 0 Å². The van der Waals surface area contributed by atoms with Crippen molar-refractivity contribution in [1.29, 1.82) is 0 Å². The maximum Gasteiger partial charge on any atom is 0.0629 e. The third-order valence-corrected chi connectivity index (χ3v) is 5.68. The van der Waals surface area contributed by atoms with E-state index in [0.29, 0.717) is 0 Å². The van der Waals surface area contributed by atoms with E-state index in [0.717, 1.165) is 5.79 Å². The maximum atomic E-state index is 2.64. The molecule has 102 valence electrons. The van der Waals surface area contributed by atoms with Crippen LogP contribution in [0.3, 0.4) is 0 Å². The molecule has 0 aromatic rings. The molecule has 0 aliphatic heterocycles. The van der Waals surface area contributed by atoms with Crippen LogP contribution in [0.5, 0.6) is 0 Å². The normalized spacial score (nSPS) is 13.2. The lowest BCUT2D eigenvalue weighted by Crippen LogP contribution is -2.51. The van der Waals surface area contributed by atoms with E-state index in [1.54, 1.807) is 0 Å². The summed E-state index contributed by atoms with van der Waals surface area (Å²) in [4.78, 5) is 5.28. The van der Waals surface area contributed by atoms with E-state index in [4.69, 9.17) is 0 Å². The summed E-state index contributed by atoms with van der Waals surface area (Å²) in [6.07, 6.45) is 5.89. The smallest absolute Gasteiger partial charge is 0.0629 e. The molecule has 0 N–H and O–H groups in total. The molecule has 0 heterocycles. The summed E-state index contributed by atoms with van der Waals surface area (Å²) >= 11 is 0. The Morgan fingerprint density at radius 1 is 0.824 bits per heavy atom. The molecule has 0 bridgehead atoms. The van der Waals surface area contributed by atoms with Gasteiger partial charge < -0.3 is 0 Å². The van der Waals surface area contributed by atoms with Crippen LogP contribution in [0.25, 0.3) is 0 Å². The quantitative estimate of drug-likeness (QED) is 0.337. The second-order valence-electron chi connectivity index (χ2n) is 4.38. The number of allylic oxidation sites excluding steroid dienone is 2. The van der Waals surface area contributed by atoms with E-state index < -0.39 is 0 Å². The Bertz CT molecular complexity index is 175. The van der Waals surface area contributed by atoms with E-state index in [9.17, 15) is 0 Å². The van der Waals surface area contributed by atoms with Gasteiger partial charge in [0.2, 0.25) is 0 Å². The van der Waals surface area contributed by atoms with Gasteiger partial charge in [-0.2, -0.15) is 0 Å². The molecule has 0 radical (unpaired) electrons. The van der Waals surface area contributed by atoms with Gasteiger partial charge in [0.1, 0.15) is 0 Å². The van der Waals surface area contributed by atoms with Gasteiger partial charge in [-0.3, -0.25) is 9.80 Å². The predicted molar refractivity (Wildman–Crippen MR) is 82.4 cm³/mol. The topological polar surface area (TPSA) is 6.48 Å². The zero-order chi connectivity index (χ0) is 13.1. The second-order valence-corrected chi connectivity index (χ2v) is 6.27. The standard InChI is InChI=1S/C14H32N2Si/c1-6-11-12-13-17-14(15(7-2)8-3)16(9-4)10-5/h11-12,14H,6-10,13,17H2,1-5H3. The summed E-state index contributed by atoms with van der Waals surface area (Å²) in [7, 11) is -0.0688. The molecular weight excluding hydrogens is 224 g/mol. The van der Waals surface area contributed by atoms with Crippen LogP contribution in [-0.4, -0.2) is 51.3 Å². The van der Waals surface area contributed by atoms with Gasteiger partial charge in [0.25, 0.3) is 0 Å². The Kier molecular flexibility index (Phi) is 10.9. The van der Waals surface area contributed by atoms with Crippen molar-refractivity contribution >= 4 is 9.52 Å². The van der Waals surface area contributed by atoms with Crippen LogP contribution in [0.15, 0.2) is 12.2 Å². The minimum atomic E-state index is -0.0688. The molecule has 0 saturated carbocycles. The lowest BCUT2D eigenvalue weighted by molar-refractivity contribution is 0.115. The van der Waals surface area contributed by atoms with Crippen molar-refractivity contribution in [2.75, 3.05) is 26.2 Å². The fraction of sp³-hybridized carbons (Fsp3) is 0.857. The molecule has 17 heavy (non-hydrogen) atoms. The van der Waals surface area contributed by atoms with Crippen molar-refractivity contribution in [3.63, 3.8) is 0 Å². The van der Waals surface area contributed by atoms with Crippen LogP contribution < -0.4 is 0 Å². The maximum absolute atomic E-state index is 2.64. The summed E-state index contributed by atoms with van der Waals surface area (Å²) < 4.78 is 0. The first-order chi connectivity index (χ1) is 8.24. The van der Waals surface area contributed by atoms with E-state index in [2.05, 4.69) is 56.6 Å². The van der Waals surface area contributed by atoms with Crippen molar-refractivity contribution in [2.24, 2.45) is 0 Å². The zero-order valence-electron chi connectivity index (χ0n) is 12.6. The summed E-state index contributed by atoms with van der Waals surface area (Å²) in [5.41, 5.74) is 0. The highest BCUT2D eigenvalue weighted by Gasteiger charge is 2.20. The lowest BCUT2D eigenvalue weighted by Gasteiger charge is -2.38. The molecule has 0 fully saturated rings. The highest BCUT2D eigenvalue weighted by molar-refractivity contribution is 6.38. The zero-order valence-corrected chi connectivity index (χ0v) is 14.0. The fourth-order valence-corrected chi connectivity index (χ4v) is 4.91. The molecule has 0 aliphatic carbocycles. The second kappa shape index (κ2) is 11.0. The molecular formula is C14H32N2Si. The summed E-state index contributed by atoms with van der Waals surface area (Å²) in [5.74, 6) is 0.751. The summed E-state index contributed by atoms with van der Waals surface area (Å²) in [5, 5.41) is 0. The number of rotatable bonds is 10. The third-order valence-electron chi connectivity index (χ3n) is 3.46. The highest BCUT2D eigenvalue weighted by Crippen LogP contribution is 2.07. The Hall–Kier alpha value is -0.123. The van der Waals surface area contributed by atoms with Crippen LogP contribution >= 0.6 is 0 Å². The van der Waals surface area contributed by atoms with E-state index in [1.165, 1.54) is 38.6 Å². The fourth-order valence-electron chi connectivity index (χ4n) is 2.42. The third kappa shape index (κ3) is 6.39. The number of nitrogens with zero attached hydrogens (tertiary/aromatic N) is 2. The first-order valence-electron chi connectivity index (χ1n) is 7.37. The molecule has 0 unspecified atom stereocenters. The van der Waals surface area contributed by atoms with Crippen LogP contribution in [0.4, 0.5) is 0 Å². The lowest BCUT2D eigenvalue weighted by atomic mass is 10.4. The average Bonchev–Trinajstić information content (AvgIpc) is 2.36. The van der Waals surface area contributed by atoms with E-state index in [-0.39, 0.29) is 9.52 Å². The first kappa shape index (κ1) is 16.9. The minimum absolute atomic E-state index is 0.0688. The van der Waals surface area contributed by atoms with Gasteiger partial charge in [-0.25, -0.2) is 0 Å². The van der Waals surface area contributed by atoms with Crippen molar-refractivity contribution in [3.05, 3.63) is 12.2 Å². The van der Waals surface area contributed by atoms with Gasteiger partial charge in [-0.15, -0.1) is 0 Å². The number of hydrogen-bond donors (Lipinski definition) is 0. The molecule has 0 aromatic carbocycles. The molecule has 0 atom stereocenters. The van der Waals surface area contributed by atoms with Crippen molar-refractivity contribution in [1.82, 2.24) is 9.80 Å². The predicted octanol–water partition coefficient (Wildman–Crippen LogP) is 2.51. The Morgan fingerprint density at radius 3 is 1.65 bits per heavy atom. The van der Waals surface area contributed by atoms with Crippen molar-refractivity contribution in [3.8, 4) is 0 Å². The van der Waals surface area contributed by atoms with Crippen molar-refractivity contribution < 1.29 is 0 Å². The molecule has 0 aliphatic rings. The van der Waals surface area contributed by atoms with Gasteiger partial charge in [0.15, 0.2) is 0 Å². The van der Waals surface area contributed by atoms with Crippen LogP contribution in [0.1, 0.15) is 41.0 Å². The van der Waals surface area contributed by atoms with Gasteiger partial charge in [0.05, 0.1) is 9.52 Å². The van der Waals surface area contributed by atoms with Gasteiger partial charge in [-0.05, 0) is 38.6 Å². The van der Waals surface area contributed by atoms with Gasteiger partial charge in [-0.1, -0.05) is 46.8 Å². The highest BCUT2D eigenvalue weighted by atomic mass is 28.2. The molecule has 0 amide bonds. The summed E-state index contributed by atoms with van der Waals surface area (Å²) in [6.45, 7) is 16.1. The molecule has 0 rings (SSSR count). The Balaban J connectivity index is 4.42. The average molecular weight is 257 g/mol. The summed E-state index contributed by atoms with van der Waals surface area (Å²) in [6, 6.07) is 1.34. The van der Waals surface area contributed by atoms with Gasteiger partial charge >= 0.3 is 0 Å². The molecule has 3 heteroatoms. The van der Waals surface area contributed by atoms with Gasteiger partial charge in [0, 0.05) is 5.79 Å². The largest absolute Gasteiger partial charge is 0.292 e. The van der Waals surface area contributed by atoms with E-state index >= 15 is 0 Å². The monoisotopic (exact) mass is 256 g/mol. The van der Waals surface area contributed by atoms with Crippen LogP contribution in [0, 0.1) is 0 Å². The van der Waals surface area contributed by atoms with Crippen LogP contribution in [0.2, 0.25) is 6.04 Å².